The number of methoxy groups -OCH3 is 1. The average Bonchev–Trinajstić information content (AvgIpc) is 3.45. The van der Waals surface area contributed by atoms with Crippen LogP contribution in [0.3, 0.4) is 0 Å². The molecule has 1 aliphatic rings. The van der Waals surface area contributed by atoms with Gasteiger partial charge in [-0.25, -0.2) is 9.44 Å². The first kappa shape index (κ1) is 17.9. The molecule has 136 valence electrons. The predicted molar refractivity (Wildman–Crippen MR) is 95.3 cm³/mol. The summed E-state index contributed by atoms with van der Waals surface area (Å²) in [7, 11) is -3.01. The summed E-state index contributed by atoms with van der Waals surface area (Å²) in [4.78, 5) is 24.6. The summed E-state index contributed by atoms with van der Waals surface area (Å²) in [5, 5.41) is 0. The van der Waals surface area contributed by atoms with Crippen LogP contribution in [0.2, 0.25) is 0 Å². The molecule has 2 N–H and O–H groups in total. The van der Waals surface area contributed by atoms with Crippen molar-refractivity contribution < 1.29 is 22.7 Å². The van der Waals surface area contributed by atoms with Crippen LogP contribution < -0.4 is 14.2 Å². The molecule has 1 fully saturated rings. The second-order valence-corrected chi connectivity index (χ2v) is 7.34. The summed E-state index contributed by atoms with van der Waals surface area (Å²) in [6.07, 6.45) is 1.95. The lowest BCUT2D eigenvalue weighted by molar-refractivity contribution is 0.0974. The van der Waals surface area contributed by atoms with E-state index in [1.54, 1.807) is 24.3 Å². The van der Waals surface area contributed by atoms with Gasteiger partial charge in [-0.1, -0.05) is 30.3 Å². The van der Waals surface area contributed by atoms with E-state index >= 15 is 0 Å². The molecule has 2 aromatic rings. The molecule has 0 aromatic heterocycles. The van der Waals surface area contributed by atoms with Crippen molar-refractivity contribution in [3.05, 3.63) is 65.2 Å². The topological polar surface area (TPSA) is 102 Å². The van der Waals surface area contributed by atoms with Crippen LogP contribution in [0.15, 0.2) is 48.5 Å². The Morgan fingerprint density at radius 1 is 0.923 bits per heavy atom. The molecule has 2 amide bonds. The van der Waals surface area contributed by atoms with Crippen LogP contribution in [0.4, 0.5) is 0 Å². The lowest BCUT2D eigenvalue weighted by Crippen LogP contribution is -2.43. The van der Waals surface area contributed by atoms with Crippen LogP contribution in [0, 0.1) is 0 Å². The first-order chi connectivity index (χ1) is 12.4. The number of carbonyl (C=O) groups is 2. The molecule has 1 saturated carbocycles. The highest BCUT2D eigenvalue weighted by Crippen LogP contribution is 2.41. The zero-order chi connectivity index (χ0) is 18.7. The molecule has 0 aliphatic heterocycles. The second-order valence-electron chi connectivity index (χ2n) is 5.93. The van der Waals surface area contributed by atoms with Crippen molar-refractivity contribution in [3.8, 4) is 5.75 Å². The van der Waals surface area contributed by atoms with Crippen molar-refractivity contribution in [2.75, 3.05) is 7.11 Å². The number of rotatable bonds is 6. The molecule has 3 rings (SSSR count). The Kier molecular flexibility index (Phi) is 4.94. The standard InChI is InChI=1S/C18H18N2O5S/c1-25-16-9-5-4-8-15(16)18(22)20-26(23,24)19-17(21)14-7-3-2-6-13(14)12-10-11-12/h2-9,12H,10-11H2,1H3,(H,19,21)(H,20,22). The van der Waals surface area contributed by atoms with Crippen molar-refractivity contribution in [1.82, 2.24) is 9.44 Å². The first-order valence-electron chi connectivity index (χ1n) is 8.02. The number of ether oxygens (including phenoxy) is 1. The van der Waals surface area contributed by atoms with Gasteiger partial charge in [0, 0.05) is 5.56 Å². The predicted octanol–water partition coefficient (Wildman–Crippen LogP) is 1.98. The Morgan fingerprint density at radius 2 is 1.46 bits per heavy atom. The average molecular weight is 374 g/mol. The summed E-state index contributed by atoms with van der Waals surface area (Å²) < 4.78 is 33.1. The van der Waals surface area contributed by atoms with Crippen LogP contribution in [0.25, 0.3) is 0 Å². The SMILES string of the molecule is COc1ccccc1C(=O)NS(=O)(=O)NC(=O)c1ccccc1C1CC1. The monoisotopic (exact) mass is 374 g/mol. The van der Waals surface area contributed by atoms with Crippen LogP contribution in [0.5, 0.6) is 5.75 Å². The maximum Gasteiger partial charge on any atom is 0.326 e. The lowest BCUT2D eigenvalue weighted by Gasteiger charge is -2.12. The zero-order valence-electron chi connectivity index (χ0n) is 14.1. The van der Waals surface area contributed by atoms with Crippen molar-refractivity contribution in [2.45, 2.75) is 18.8 Å². The number of para-hydroxylation sites is 1. The minimum atomic E-state index is -4.38. The summed E-state index contributed by atoms with van der Waals surface area (Å²) in [6.45, 7) is 0. The maximum absolute atomic E-state index is 12.4. The van der Waals surface area contributed by atoms with Gasteiger partial charge in [0.25, 0.3) is 11.8 Å². The second kappa shape index (κ2) is 7.17. The van der Waals surface area contributed by atoms with Crippen molar-refractivity contribution >= 4 is 22.0 Å². The molecule has 1 aliphatic carbocycles. The molecular weight excluding hydrogens is 356 g/mol. The fourth-order valence-corrected chi connectivity index (χ4v) is 3.42. The van der Waals surface area contributed by atoms with E-state index in [-0.39, 0.29) is 17.2 Å². The molecular formula is C18H18N2O5S. The van der Waals surface area contributed by atoms with E-state index in [4.69, 9.17) is 4.74 Å². The van der Waals surface area contributed by atoms with Gasteiger partial charge >= 0.3 is 10.2 Å². The molecule has 0 bridgehead atoms. The van der Waals surface area contributed by atoms with Crippen molar-refractivity contribution in [3.63, 3.8) is 0 Å². The highest BCUT2D eigenvalue weighted by Gasteiger charge is 2.29. The number of hydrogen-bond acceptors (Lipinski definition) is 5. The largest absolute Gasteiger partial charge is 0.496 e. The fourth-order valence-electron chi connectivity index (χ4n) is 2.67. The third kappa shape index (κ3) is 4.02. The maximum atomic E-state index is 12.4. The summed E-state index contributed by atoms with van der Waals surface area (Å²) in [5.74, 6) is -1.15. The van der Waals surface area contributed by atoms with E-state index in [9.17, 15) is 18.0 Å². The van der Waals surface area contributed by atoms with Gasteiger partial charge in [-0.2, -0.15) is 8.42 Å². The van der Waals surface area contributed by atoms with Crippen LogP contribution in [-0.2, 0) is 10.2 Å². The number of amides is 2. The Bertz CT molecular complexity index is 952. The first-order valence-corrected chi connectivity index (χ1v) is 9.51. The van der Waals surface area contributed by atoms with Gasteiger partial charge in [0.1, 0.15) is 5.75 Å². The molecule has 8 heteroatoms. The number of carbonyl (C=O) groups excluding carboxylic acids is 2. The van der Waals surface area contributed by atoms with Crippen LogP contribution in [0.1, 0.15) is 45.0 Å². The van der Waals surface area contributed by atoms with E-state index in [0.717, 1.165) is 18.4 Å². The molecule has 7 nitrogen and oxygen atoms in total. The van der Waals surface area contributed by atoms with Gasteiger partial charge in [0.05, 0.1) is 12.7 Å². The third-order valence-corrected chi connectivity index (χ3v) is 4.94. The Labute approximate surface area is 151 Å². The normalized spacial score (nSPS) is 13.7. The molecule has 0 radical (unpaired) electrons. The quantitative estimate of drug-likeness (QED) is 0.805. The van der Waals surface area contributed by atoms with Crippen molar-refractivity contribution in [2.24, 2.45) is 0 Å². The third-order valence-electron chi connectivity index (χ3n) is 4.03. The summed E-state index contributed by atoms with van der Waals surface area (Å²) >= 11 is 0. The van der Waals surface area contributed by atoms with Gasteiger partial charge in [-0.3, -0.25) is 9.59 Å². The zero-order valence-corrected chi connectivity index (χ0v) is 14.9. The highest BCUT2D eigenvalue weighted by molar-refractivity contribution is 7.88. The minimum Gasteiger partial charge on any atom is -0.496 e. The molecule has 0 heterocycles. The van der Waals surface area contributed by atoms with Gasteiger partial charge in [0.15, 0.2) is 0 Å². The van der Waals surface area contributed by atoms with E-state index in [1.807, 2.05) is 21.6 Å². The fraction of sp³-hybridized carbons (Fsp3) is 0.222. The van der Waals surface area contributed by atoms with Gasteiger partial charge in [-0.15, -0.1) is 0 Å². The summed E-state index contributed by atoms with van der Waals surface area (Å²) in [5.41, 5.74) is 1.16. The van der Waals surface area contributed by atoms with Crippen LogP contribution in [-0.4, -0.2) is 27.3 Å². The van der Waals surface area contributed by atoms with E-state index in [1.165, 1.54) is 19.2 Å². The van der Waals surface area contributed by atoms with Gasteiger partial charge in [0.2, 0.25) is 0 Å². The lowest BCUT2D eigenvalue weighted by atomic mass is 10.0. The number of nitrogens with one attached hydrogen (secondary N) is 2. The van der Waals surface area contributed by atoms with E-state index in [2.05, 4.69) is 0 Å². The Hall–Kier alpha value is -2.87. The molecule has 0 spiro atoms. The molecule has 0 atom stereocenters. The smallest absolute Gasteiger partial charge is 0.326 e. The number of benzene rings is 2. The Morgan fingerprint density at radius 3 is 2.08 bits per heavy atom. The Balaban J connectivity index is 1.75. The van der Waals surface area contributed by atoms with Crippen LogP contribution >= 0.6 is 0 Å². The van der Waals surface area contributed by atoms with Crippen molar-refractivity contribution in [1.29, 1.82) is 0 Å². The number of hydrogen-bond donors (Lipinski definition) is 2. The van der Waals surface area contributed by atoms with E-state index in [0.29, 0.717) is 5.56 Å². The molecule has 26 heavy (non-hydrogen) atoms. The van der Waals surface area contributed by atoms with E-state index < -0.39 is 22.0 Å². The highest BCUT2D eigenvalue weighted by atomic mass is 32.2. The molecule has 2 aromatic carbocycles. The molecule has 0 unspecified atom stereocenters. The van der Waals surface area contributed by atoms with Gasteiger partial charge in [-0.05, 0) is 42.5 Å². The molecule has 0 saturated heterocycles. The summed E-state index contributed by atoms with van der Waals surface area (Å²) in [6, 6.07) is 13.0. The van der Waals surface area contributed by atoms with Gasteiger partial charge < -0.3 is 4.74 Å². The minimum absolute atomic E-state index is 0.0474.